The maximum Gasteiger partial charge on any atom is 0.318 e. The van der Waals surface area contributed by atoms with Crippen molar-refractivity contribution in [2.45, 2.75) is 19.4 Å². The molecule has 5 rings (SSSR count). The average molecular weight is 300 g/mol. The normalized spacial score (nSPS) is 16.0. The zero-order chi connectivity index (χ0) is 15.2. The molecule has 1 aromatic heterocycles. The third-order valence-corrected chi connectivity index (χ3v) is 4.82. The minimum Gasteiger partial charge on any atom is -0.285 e. The van der Waals surface area contributed by atoms with E-state index in [2.05, 4.69) is 93.2 Å². The molecule has 2 aliphatic heterocycles. The number of rotatable bonds is 2. The van der Waals surface area contributed by atoms with E-state index < -0.39 is 0 Å². The van der Waals surface area contributed by atoms with E-state index in [4.69, 9.17) is 0 Å². The molecule has 3 heteroatoms. The first-order chi connectivity index (χ1) is 11.4. The van der Waals surface area contributed by atoms with Gasteiger partial charge in [0.1, 0.15) is 13.1 Å². The number of aromatic nitrogens is 1. The van der Waals surface area contributed by atoms with Crippen molar-refractivity contribution >= 4 is 11.4 Å². The molecule has 0 fully saturated rings. The molecule has 0 spiro atoms. The number of para-hydroxylation sites is 2. The minimum atomic E-state index is 0.228. The molecule has 0 amide bonds. The zero-order valence-corrected chi connectivity index (χ0v) is 12.8. The van der Waals surface area contributed by atoms with Crippen LogP contribution in [0.2, 0.25) is 0 Å². The van der Waals surface area contributed by atoms with Gasteiger partial charge in [0.25, 0.3) is 0 Å². The van der Waals surface area contributed by atoms with Crippen LogP contribution in [0, 0.1) is 0 Å². The summed E-state index contributed by atoms with van der Waals surface area (Å²) in [6.07, 6.45) is 0.228. The fourth-order valence-corrected chi connectivity index (χ4v) is 3.82. The minimum absolute atomic E-state index is 0.228. The molecule has 0 unspecified atom stereocenters. The summed E-state index contributed by atoms with van der Waals surface area (Å²) in [4.78, 5) is 4.97. The van der Waals surface area contributed by atoms with Gasteiger partial charge in [-0.25, -0.2) is 0 Å². The summed E-state index contributed by atoms with van der Waals surface area (Å²) in [5.74, 6) is 0. The van der Waals surface area contributed by atoms with Crippen LogP contribution >= 0.6 is 0 Å². The van der Waals surface area contributed by atoms with Gasteiger partial charge in [-0.2, -0.15) is 4.57 Å². The molecule has 0 aliphatic carbocycles. The van der Waals surface area contributed by atoms with Gasteiger partial charge in [-0.15, -0.1) is 0 Å². The topological polar surface area (TPSA) is 10.4 Å². The maximum atomic E-state index is 2.49. The van der Waals surface area contributed by atoms with E-state index in [-0.39, 0.29) is 6.29 Å². The van der Waals surface area contributed by atoms with Crippen LogP contribution in [-0.2, 0) is 13.1 Å². The van der Waals surface area contributed by atoms with Gasteiger partial charge in [-0.05, 0) is 30.3 Å². The van der Waals surface area contributed by atoms with Gasteiger partial charge < -0.3 is 0 Å². The maximum absolute atomic E-state index is 2.49. The Kier molecular flexibility index (Phi) is 2.68. The van der Waals surface area contributed by atoms with Crippen molar-refractivity contribution in [3.05, 3.63) is 90.3 Å². The van der Waals surface area contributed by atoms with Crippen molar-refractivity contribution in [2.24, 2.45) is 0 Å². The number of hydrogen-bond donors (Lipinski definition) is 0. The van der Waals surface area contributed by atoms with Gasteiger partial charge in [0, 0.05) is 23.5 Å². The largest absolute Gasteiger partial charge is 0.318 e. The lowest BCUT2D eigenvalue weighted by Crippen LogP contribution is -2.47. The second-order valence-corrected chi connectivity index (χ2v) is 6.15. The van der Waals surface area contributed by atoms with Gasteiger partial charge in [0.15, 0.2) is 0 Å². The molecule has 3 nitrogen and oxygen atoms in total. The first kappa shape index (κ1) is 12.7. The summed E-state index contributed by atoms with van der Waals surface area (Å²) in [6, 6.07) is 28.1. The lowest BCUT2D eigenvalue weighted by Gasteiger charge is -2.28. The summed E-state index contributed by atoms with van der Waals surface area (Å²) in [7, 11) is 0. The highest BCUT2D eigenvalue weighted by Gasteiger charge is 2.49. The van der Waals surface area contributed by atoms with Crippen LogP contribution in [0.4, 0.5) is 11.4 Å². The molecule has 2 aliphatic rings. The molecule has 0 atom stereocenters. The van der Waals surface area contributed by atoms with Crippen molar-refractivity contribution in [1.29, 1.82) is 0 Å². The van der Waals surface area contributed by atoms with Crippen molar-refractivity contribution < 1.29 is 4.57 Å². The van der Waals surface area contributed by atoms with Crippen molar-refractivity contribution in [2.75, 3.05) is 9.80 Å². The summed E-state index contributed by atoms with van der Waals surface area (Å²) >= 11 is 0. The summed E-state index contributed by atoms with van der Waals surface area (Å²) in [5.41, 5.74) is 5.31. The standard InChI is InChI=1S/C20H18N3/c1-3-8-16(9-4-1)21-14-18-12-7-13-19-15-22(20(21)23(18)19)17-10-5-2-6-11-17/h1-13,20H,14-15H2/q+1. The molecule has 3 heterocycles. The highest BCUT2D eigenvalue weighted by Crippen LogP contribution is 2.36. The molecule has 0 N–H and O–H groups in total. The van der Waals surface area contributed by atoms with Gasteiger partial charge in [-0.1, -0.05) is 36.4 Å². The molecule has 0 saturated heterocycles. The van der Waals surface area contributed by atoms with Crippen LogP contribution in [0.15, 0.2) is 78.9 Å². The first-order valence-electron chi connectivity index (χ1n) is 8.07. The molecular formula is C20H18N3+. The van der Waals surface area contributed by atoms with Gasteiger partial charge in [0.2, 0.25) is 11.4 Å². The number of benzene rings is 2. The first-order valence-corrected chi connectivity index (χ1v) is 8.07. The molecular weight excluding hydrogens is 282 g/mol. The number of nitrogens with zero attached hydrogens (tertiary/aromatic N) is 3. The van der Waals surface area contributed by atoms with Crippen LogP contribution in [0.1, 0.15) is 17.7 Å². The highest BCUT2D eigenvalue weighted by molar-refractivity contribution is 5.53. The SMILES string of the molecule is c1ccc(N2Cc3cccc4[n+]3C2N(c2ccccc2)C4)cc1. The van der Waals surface area contributed by atoms with E-state index in [1.165, 1.54) is 22.8 Å². The fraction of sp³-hybridized carbons (Fsp3) is 0.150. The third-order valence-electron chi connectivity index (χ3n) is 4.82. The third kappa shape index (κ3) is 1.86. The Balaban J connectivity index is 1.65. The number of hydrogen-bond acceptors (Lipinski definition) is 2. The second-order valence-electron chi connectivity index (χ2n) is 6.15. The monoisotopic (exact) mass is 300 g/mol. The molecule has 3 aromatic rings. The second kappa shape index (κ2) is 4.85. The average Bonchev–Trinajstić information content (AvgIpc) is 3.20. The number of pyridine rings is 1. The Morgan fingerprint density at radius 3 is 1.57 bits per heavy atom. The molecule has 0 saturated carbocycles. The van der Waals surface area contributed by atoms with E-state index in [0.717, 1.165) is 13.1 Å². The van der Waals surface area contributed by atoms with Gasteiger partial charge in [-0.3, -0.25) is 9.80 Å². The van der Waals surface area contributed by atoms with Crippen molar-refractivity contribution in [3.63, 3.8) is 0 Å². The molecule has 112 valence electrons. The van der Waals surface area contributed by atoms with Crippen LogP contribution in [0.3, 0.4) is 0 Å². The van der Waals surface area contributed by atoms with Crippen molar-refractivity contribution in [1.82, 2.24) is 0 Å². The highest BCUT2D eigenvalue weighted by atomic mass is 15.5. The number of anilines is 2. The Morgan fingerprint density at radius 2 is 1.09 bits per heavy atom. The molecule has 0 radical (unpaired) electrons. The van der Waals surface area contributed by atoms with E-state index in [0.29, 0.717) is 0 Å². The summed E-state index contributed by atoms with van der Waals surface area (Å²) < 4.78 is 2.49. The van der Waals surface area contributed by atoms with Crippen molar-refractivity contribution in [3.8, 4) is 0 Å². The predicted molar refractivity (Wildman–Crippen MR) is 90.9 cm³/mol. The van der Waals surface area contributed by atoms with E-state index >= 15 is 0 Å². The molecule has 2 aromatic carbocycles. The quantitative estimate of drug-likeness (QED) is 0.671. The lowest BCUT2D eigenvalue weighted by atomic mass is 10.2. The Labute approximate surface area is 136 Å². The van der Waals surface area contributed by atoms with Gasteiger partial charge in [0.05, 0.1) is 0 Å². The Morgan fingerprint density at radius 1 is 0.609 bits per heavy atom. The van der Waals surface area contributed by atoms with Crippen LogP contribution in [-0.4, -0.2) is 0 Å². The lowest BCUT2D eigenvalue weighted by molar-refractivity contribution is -0.708. The van der Waals surface area contributed by atoms with E-state index in [1.807, 2.05) is 0 Å². The van der Waals surface area contributed by atoms with E-state index in [1.54, 1.807) is 0 Å². The van der Waals surface area contributed by atoms with E-state index in [9.17, 15) is 0 Å². The van der Waals surface area contributed by atoms with Crippen LogP contribution in [0.5, 0.6) is 0 Å². The summed E-state index contributed by atoms with van der Waals surface area (Å²) in [5, 5.41) is 0. The summed E-state index contributed by atoms with van der Waals surface area (Å²) in [6.45, 7) is 1.90. The smallest absolute Gasteiger partial charge is 0.285 e. The van der Waals surface area contributed by atoms with Gasteiger partial charge >= 0.3 is 6.29 Å². The predicted octanol–water partition coefficient (Wildman–Crippen LogP) is 3.47. The molecule has 0 bridgehead atoms. The Bertz CT molecular complexity index is 778. The Hall–Kier alpha value is -2.81. The van der Waals surface area contributed by atoms with Crippen LogP contribution in [0.25, 0.3) is 0 Å². The fourth-order valence-electron chi connectivity index (χ4n) is 3.82. The molecule has 23 heavy (non-hydrogen) atoms. The van der Waals surface area contributed by atoms with Crippen LogP contribution < -0.4 is 14.4 Å². The zero-order valence-electron chi connectivity index (χ0n) is 12.8.